The van der Waals surface area contributed by atoms with Crippen LogP contribution in [0.5, 0.6) is 11.5 Å². The molecule has 24 heavy (non-hydrogen) atoms. The van der Waals surface area contributed by atoms with Gasteiger partial charge in [-0.05, 0) is 48.2 Å². The summed E-state index contributed by atoms with van der Waals surface area (Å²) in [6.07, 6.45) is 4.73. The highest BCUT2D eigenvalue weighted by atomic mass is 16.5. The Labute approximate surface area is 141 Å². The van der Waals surface area contributed by atoms with Crippen molar-refractivity contribution in [2.75, 3.05) is 14.2 Å². The summed E-state index contributed by atoms with van der Waals surface area (Å²) in [4.78, 5) is 12.2. The monoisotopic (exact) mass is 324 g/mol. The van der Waals surface area contributed by atoms with Crippen molar-refractivity contribution in [2.45, 2.75) is 18.9 Å². The number of rotatable bonds is 5. The van der Waals surface area contributed by atoms with Crippen LogP contribution in [-0.2, 0) is 16.0 Å². The third-order valence-electron chi connectivity index (χ3n) is 4.17. The van der Waals surface area contributed by atoms with Gasteiger partial charge in [0.25, 0.3) is 0 Å². The van der Waals surface area contributed by atoms with Crippen LogP contribution in [0.15, 0.2) is 48.5 Å². The molecule has 0 amide bonds. The minimum absolute atomic E-state index is 0.162. The molecule has 0 spiro atoms. The van der Waals surface area contributed by atoms with Gasteiger partial charge >= 0.3 is 5.97 Å². The Morgan fingerprint density at radius 1 is 1.12 bits per heavy atom. The number of methoxy groups -OCH3 is 2. The van der Waals surface area contributed by atoms with E-state index >= 15 is 0 Å². The number of esters is 1. The normalized spacial score (nSPS) is 16.0. The molecule has 0 fully saturated rings. The summed E-state index contributed by atoms with van der Waals surface area (Å²) in [5, 5.41) is 0. The lowest BCUT2D eigenvalue weighted by atomic mass is 10.1. The Bertz CT molecular complexity index is 764. The molecular formula is C20H20O4. The fourth-order valence-corrected chi connectivity index (χ4v) is 2.95. The Morgan fingerprint density at radius 2 is 1.96 bits per heavy atom. The Morgan fingerprint density at radius 3 is 2.75 bits per heavy atom. The Kier molecular flexibility index (Phi) is 4.85. The number of carbonyl (C=O) groups is 1. The van der Waals surface area contributed by atoms with Gasteiger partial charge in [-0.1, -0.05) is 24.3 Å². The van der Waals surface area contributed by atoms with Gasteiger partial charge in [0.2, 0.25) is 0 Å². The van der Waals surface area contributed by atoms with Crippen LogP contribution in [0, 0.1) is 0 Å². The molecule has 0 aliphatic heterocycles. The fourth-order valence-electron chi connectivity index (χ4n) is 2.95. The topological polar surface area (TPSA) is 44.8 Å². The Balaban J connectivity index is 1.70. The molecule has 4 nitrogen and oxygen atoms in total. The van der Waals surface area contributed by atoms with Crippen LogP contribution in [0.3, 0.4) is 0 Å². The predicted octanol–water partition coefficient (Wildman–Crippen LogP) is 3.95. The number of benzene rings is 2. The van der Waals surface area contributed by atoms with Crippen LogP contribution in [0.25, 0.3) is 6.08 Å². The van der Waals surface area contributed by atoms with Crippen LogP contribution in [0.4, 0.5) is 0 Å². The zero-order valence-corrected chi connectivity index (χ0v) is 13.8. The zero-order chi connectivity index (χ0) is 16.9. The summed E-state index contributed by atoms with van der Waals surface area (Å²) >= 11 is 0. The van der Waals surface area contributed by atoms with Gasteiger partial charge in [0.15, 0.2) is 0 Å². The summed E-state index contributed by atoms with van der Waals surface area (Å²) in [6, 6.07) is 13.5. The molecular weight excluding hydrogens is 304 g/mol. The second kappa shape index (κ2) is 7.21. The lowest BCUT2D eigenvalue weighted by molar-refractivity contribution is -0.143. The number of hydrogen-bond acceptors (Lipinski definition) is 4. The molecule has 0 aromatic heterocycles. The molecule has 0 bridgehead atoms. The van der Waals surface area contributed by atoms with Gasteiger partial charge in [-0.25, -0.2) is 4.79 Å². The van der Waals surface area contributed by atoms with Crippen LogP contribution in [0.1, 0.15) is 29.2 Å². The van der Waals surface area contributed by atoms with Crippen LogP contribution < -0.4 is 9.47 Å². The van der Waals surface area contributed by atoms with Crippen molar-refractivity contribution < 1.29 is 19.0 Å². The van der Waals surface area contributed by atoms with Crippen molar-refractivity contribution in [1.29, 1.82) is 0 Å². The highest BCUT2D eigenvalue weighted by molar-refractivity contribution is 5.88. The smallest absolute Gasteiger partial charge is 0.331 e. The van der Waals surface area contributed by atoms with E-state index in [2.05, 4.69) is 6.07 Å². The molecule has 4 heteroatoms. The number of fused-ring (bicyclic) bond motifs is 1. The molecule has 1 aliphatic rings. The van der Waals surface area contributed by atoms with Gasteiger partial charge < -0.3 is 14.2 Å². The first-order chi connectivity index (χ1) is 11.7. The summed E-state index contributed by atoms with van der Waals surface area (Å²) in [5.41, 5.74) is 3.13. The molecule has 0 unspecified atom stereocenters. The van der Waals surface area contributed by atoms with E-state index in [-0.39, 0.29) is 12.1 Å². The maximum Gasteiger partial charge on any atom is 0.331 e. The minimum Gasteiger partial charge on any atom is -0.497 e. The first-order valence-electron chi connectivity index (χ1n) is 7.90. The summed E-state index contributed by atoms with van der Waals surface area (Å²) in [6.45, 7) is 0. The molecule has 124 valence electrons. The van der Waals surface area contributed by atoms with E-state index in [1.807, 2.05) is 30.3 Å². The summed E-state index contributed by atoms with van der Waals surface area (Å²) in [7, 11) is 3.19. The second-order valence-corrected chi connectivity index (χ2v) is 5.60. The fraction of sp³-hybridized carbons (Fsp3) is 0.250. The maximum absolute atomic E-state index is 12.2. The minimum atomic E-state index is -0.360. The molecule has 2 aromatic rings. The molecule has 0 N–H and O–H groups in total. The second-order valence-electron chi connectivity index (χ2n) is 5.60. The predicted molar refractivity (Wildman–Crippen MR) is 92.2 cm³/mol. The van der Waals surface area contributed by atoms with Gasteiger partial charge in [0.1, 0.15) is 17.6 Å². The van der Waals surface area contributed by atoms with Crippen molar-refractivity contribution in [3.63, 3.8) is 0 Å². The van der Waals surface area contributed by atoms with E-state index in [0.29, 0.717) is 11.5 Å². The Hall–Kier alpha value is -2.75. The van der Waals surface area contributed by atoms with E-state index in [1.54, 1.807) is 26.4 Å². The highest BCUT2D eigenvalue weighted by Gasteiger charge is 2.24. The van der Waals surface area contributed by atoms with E-state index in [1.165, 1.54) is 11.6 Å². The molecule has 0 radical (unpaired) electrons. The molecule has 1 atom stereocenters. The molecule has 2 aromatic carbocycles. The molecule has 0 saturated heterocycles. The van der Waals surface area contributed by atoms with Gasteiger partial charge in [-0.3, -0.25) is 0 Å². The first kappa shape index (κ1) is 16.1. The standard InChI is InChI=1S/C20H20O4/c1-22-16-9-11-18(23-2)15(13-16)8-12-20(21)24-19-10-7-14-5-3-4-6-17(14)19/h3-6,8-9,11-13,19H,7,10H2,1-2H3/b12-8+/t19-/m1/s1. The van der Waals surface area contributed by atoms with Crippen molar-refractivity contribution in [1.82, 2.24) is 0 Å². The summed E-state index contributed by atoms with van der Waals surface area (Å²) < 4.78 is 16.1. The van der Waals surface area contributed by atoms with Gasteiger partial charge in [-0.15, -0.1) is 0 Å². The number of aryl methyl sites for hydroxylation is 1. The molecule has 0 saturated carbocycles. The highest BCUT2D eigenvalue weighted by Crippen LogP contribution is 2.34. The third-order valence-corrected chi connectivity index (χ3v) is 4.17. The average molecular weight is 324 g/mol. The quantitative estimate of drug-likeness (QED) is 0.617. The number of hydrogen-bond donors (Lipinski definition) is 0. The van der Waals surface area contributed by atoms with E-state index in [4.69, 9.17) is 14.2 Å². The number of ether oxygens (including phenoxy) is 3. The average Bonchev–Trinajstić information content (AvgIpc) is 3.02. The van der Waals surface area contributed by atoms with Crippen molar-refractivity contribution in [3.8, 4) is 11.5 Å². The van der Waals surface area contributed by atoms with E-state index in [9.17, 15) is 4.79 Å². The molecule has 3 rings (SSSR count). The lowest BCUT2D eigenvalue weighted by Gasteiger charge is -2.12. The zero-order valence-electron chi connectivity index (χ0n) is 13.8. The maximum atomic E-state index is 12.2. The largest absolute Gasteiger partial charge is 0.497 e. The number of carbonyl (C=O) groups excluding carboxylic acids is 1. The SMILES string of the molecule is COc1ccc(OC)c(/C=C/C(=O)O[C@@H]2CCc3ccccc32)c1. The van der Waals surface area contributed by atoms with Crippen molar-refractivity contribution >= 4 is 12.0 Å². The summed E-state index contributed by atoms with van der Waals surface area (Å²) in [5.74, 6) is 1.01. The molecule has 0 heterocycles. The van der Waals surface area contributed by atoms with Crippen LogP contribution in [-0.4, -0.2) is 20.2 Å². The van der Waals surface area contributed by atoms with E-state index in [0.717, 1.165) is 24.0 Å². The van der Waals surface area contributed by atoms with Crippen molar-refractivity contribution in [2.24, 2.45) is 0 Å². The first-order valence-corrected chi connectivity index (χ1v) is 7.90. The third kappa shape index (κ3) is 3.43. The molecule has 1 aliphatic carbocycles. The van der Waals surface area contributed by atoms with E-state index < -0.39 is 0 Å². The van der Waals surface area contributed by atoms with Gasteiger partial charge in [-0.2, -0.15) is 0 Å². The van der Waals surface area contributed by atoms with Crippen LogP contribution >= 0.6 is 0 Å². The van der Waals surface area contributed by atoms with Gasteiger partial charge in [0, 0.05) is 11.6 Å². The lowest BCUT2D eigenvalue weighted by Crippen LogP contribution is -2.06. The van der Waals surface area contributed by atoms with Gasteiger partial charge in [0.05, 0.1) is 14.2 Å². The van der Waals surface area contributed by atoms with Crippen LogP contribution in [0.2, 0.25) is 0 Å². The van der Waals surface area contributed by atoms with Crippen molar-refractivity contribution in [3.05, 3.63) is 65.2 Å².